The van der Waals surface area contributed by atoms with Gasteiger partial charge in [-0.3, -0.25) is 10.1 Å². The number of nitro groups is 1. The molecular formula is C11H8Cl3N3O3. The fraction of sp³-hybridized carbons (Fsp3) is 0.182. The fourth-order valence-electron chi connectivity index (χ4n) is 1.66. The van der Waals surface area contributed by atoms with E-state index in [4.69, 9.17) is 39.5 Å². The quantitative estimate of drug-likeness (QED) is 0.627. The van der Waals surface area contributed by atoms with Crippen molar-refractivity contribution in [1.82, 2.24) is 9.78 Å². The van der Waals surface area contributed by atoms with Gasteiger partial charge < -0.3 is 4.74 Å². The number of ether oxygens (including phenoxy) is 1. The van der Waals surface area contributed by atoms with Crippen molar-refractivity contribution in [3.8, 4) is 5.69 Å². The lowest BCUT2D eigenvalue weighted by Gasteiger charge is -2.05. The Morgan fingerprint density at radius 3 is 2.65 bits per heavy atom. The SMILES string of the molecule is COCc1nn(-c2ccc(Cl)cc2Cl)c(Cl)c1[N+](=O)[O-]. The maximum Gasteiger partial charge on any atom is 0.331 e. The van der Waals surface area contributed by atoms with E-state index in [1.54, 1.807) is 12.1 Å². The third-order valence-corrected chi connectivity index (χ3v) is 3.35. The molecule has 0 radical (unpaired) electrons. The van der Waals surface area contributed by atoms with Gasteiger partial charge >= 0.3 is 5.69 Å². The lowest BCUT2D eigenvalue weighted by Crippen LogP contribution is -1.99. The molecule has 0 aliphatic heterocycles. The molecule has 0 N–H and O–H groups in total. The number of hydrogen-bond acceptors (Lipinski definition) is 4. The molecule has 1 aromatic heterocycles. The average molecular weight is 337 g/mol. The topological polar surface area (TPSA) is 70.2 Å². The summed E-state index contributed by atoms with van der Waals surface area (Å²) in [7, 11) is 1.41. The molecule has 0 aliphatic rings. The molecule has 106 valence electrons. The lowest BCUT2D eigenvalue weighted by atomic mass is 10.3. The zero-order chi connectivity index (χ0) is 14.9. The molecular weight excluding hydrogens is 328 g/mol. The lowest BCUT2D eigenvalue weighted by molar-refractivity contribution is -0.385. The van der Waals surface area contributed by atoms with Crippen molar-refractivity contribution < 1.29 is 9.66 Å². The van der Waals surface area contributed by atoms with E-state index in [0.29, 0.717) is 10.7 Å². The minimum Gasteiger partial charge on any atom is -0.378 e. The van der Waals surface area contributed by atoms with Crippen LogP contribution in [0.2, 0.25) is 15.2 Å². The zero-order valence-corrected chi connectivity index (χ0v) is 12.4. The molecule has 0 aliphatic carbocycles. The standard InChI is InChI=1S/C11H8Cl3N3O3/c1-20-5-8-10(17(18)19)11(14)16(15-8)9-3-2-6(12)4-7(9)13/h2-4H,5H2,1H3. The van der Waals surface area contributed by atoms with Crippen LogP contribution in [-0.2, 0) is 11.3 Å². The Bertz CT molecular complexity index is 672. The predicted molar refractivity (Wildman–Crippen MR) is 76.0 cm³/mol. The molecule has 9 heteroatoms. The maximum atomic E-state index is 11.1. The molecule has 1 aromatic carbocycles. The van der Waals surface area contributed by atoms with E-state index >= 15 is 0 Å². The van der Waals surface area contributed by atoms with Crippen molar-refractivity contribution in [3.63, 3.8) is 0 Å². The molecule has 20 heavy (non-hydrogen) atoms. The third kappa shape index (κ3) is 2.73. The van der Waals surface area contributed by atoms with Crippen molar-refractivity contribution >= 4 is 40.5 Å². The van der Waals surface area contributed by atoms with Crippen molar-refractivity contribution in [2.24, 2.45) is 0 Å². The third-order valence-electron chi connectivity index (χ3n) is 2.48. The van der Waals surface area contributed by atoms with Crippen molar-refractivity contribution in [1.29, 1.82) is 0 Å². The second-order valence-electron chi connectivity index (χ2n) is 3.78. The van der Waals surface area contributed by atoms with Crippen LogP contribution in [0.3, 0.4) is 0 Å². The Morgan fingerprint density at radius 1 is 1.40 bits per heavy atom. The van der Waals surface area contributed by atoms with Gasteiger partial charge in [-0.25, -0.2) is 4.68 Å². The van der Waals surface area contributed by atoms with Crippen LogP contribution in [0.15, 0.2) is 18.2 Å². The molecule has 0 fully saturated rings. The van der Waals surface area contributed by atoms with E-state index in [9.17, 15) is 10.1 Å². The van der Waals surface area contributed by atoms with Crippen LogP contribution in [0, 0.1) is 10.1 Å². The van der Waals surface area contributed by atoms with Crippen molar-refractivity contribution in [2.75, 3.05) is 7.11 Å². The summed E-state index contributed by atoms with van der Waals surface area (Å²) in [6, 6.07) is 4.66. The Morgan fingerprint density at radius 2 is 2.10 bits per heavy atom. The minimum atomic E-state index is -0.607. The molecule has 0 unspecified atom stereocenters. The van der Waals surface area contributed by atoms with Gasteiger partial charge in [0.15, 0.2) is 5.69 Å². The predicted octanol–water partition coefficient (Wildman–Crippen LogP) is 3.89. The van der Waals surface area contributed by atoms with Crippen LogP contribution in [-0.4, -0.2) is 21.8 Å². The average Bonchev–Trinajstić information content (AvgIpc) is 2.67. The Labute approximate surface area is 129 Å². The highest BCUT2D eigenvalue weighted by Crippen LogP contribution is 2.34. The van der Waals surface area contributed by atoms with Gasteiger partial charge in [-0.2, -0.15) is 5.10 Å². The van der Waals surface area contributed by atoms with Gasteiger partial charge in [-0.05, 0) is 18.2 Å². The first kappa shape index (κ1) is 15.1. The number of methoxy groups -OCH3 is 1. The van der Waals surface area contributed by atoms with E-state index in [1.165, 1.54) is 17.9 Å². The second kappa shape index (κ2) is 5.97. The van der Waals surface area contributed by atoms with Gasteiger partial charge in [0.2, 0.25) is 5.15 Å². The summed E-state index contributed by atoms with van der Waals surface area (Å²) in [6.07, 6.45) is 0. The molecule has 0 spiro atoms. The number of halogens is 3. The van der Waals surface area contributed by atoms with Gasteiger partial charge in [0.25, 0.3) is 0 Å². The number of aromatic nitrogens is 2. The molecule has 2 rings (SSSR count). The first-order valence-electron chi connectivity index (χ1n) is 5.32. The van der Waals surface area contributed by atoms with Gasteiger partial charge in [-0.1, -0.05) is 34.8 Å². The maximum absolute atomic E-state index is 11.1. The van der Waals surface area contributed by atoms with E-state index in [-0.39, 0.29) is 28.2 Å². The summed E-state index contributed by atoms with van der Waals surface area (Å²) in [5.74, 6) is 0. The monoisotopic (exact) mass is 335 g/mol. The number of hydrogen-bond donors (Lipinski definition) is 0. The summed E-state index contributed by atoms with van der Waals surface area (Å²) < 4.78 is 6.07. The highest BCUT2D eigenvalue weighted by atomic mass is 35.5. The highest BCUT2D eigenvalue weighted by Gasteiger charge is 2.27. The Hall–Kier alpha value is -1.34. The minimum absolute atomic E-state index is 0.0335. The molecule has 0 saturated heterocycles. The van der Waals surface area contributed by atoms with Gasteiger partial charge in [0.1, 0.15) is 0 Å². The molecule has 0 saturated carbocycles. The second-order valence-corrected chi connectivity index (χ2v) is 4.99. The Kier molecular flexibility index (Phi) is 4.49. The van der Waals surface area contributed by atoms with Crippen molar-refractivity contribution in [2.45, 2.75) is 6.61 Å². The smallest absolute Gasteiger partial charge is 0.331 e. The van der Waals surface area contributed by atoms with Gasteiger partial charge in [0.05, 0.1) is 22.2 Å². The summed E-state index contributed by atoms with van der Waals surface area (Å²) in [5.41, 5.74) is 0.208. The molecule has 1 heterocycles. The van der Waals surface area contributed by atoms with Crippen molar-refractivity contribution in [3.05, 3.63) is 49.2 Å². The molecule has 0 amide bonds. The van der Waals surface area contributed by atoms with Crippen LogP contribution in [0.1, 0.15) is 5.69 Å². The van der Waals surface area contributed by atoms with Crippen LogP contribution in [0.4, 0.5) is 5.69 Å². The normalized spacial score (nSPS) is 10.8. The molecule has 2 aromatic rings. The van der Waals surface area contributed by atoms with Gasteiger partial charge in [0, 0.05) is 12.1 Å². The van der Waals surface area contributed by atoms with Crippen LogP contribution in [0.25, 0.3) is 5.69 Å². The molecule has 6 nitrogen and oxygen atoms in total. The van der Waals surface area contributed by atoms with E-state index < -0.39 is 4.92 Å². The van der Waals surface area contributed by atoms with Crippen LogP contribution >= 0.6 is 34.8 Å². The molecule has 0 bridgehead atoms. The van der Waals surface area contributed by atoms with E-state index in [1.807, 2.05) is 0 Å². The summed E-state index contributed by atoms with van der Waals surface area (Å²) in [6.45, 7) is -0.0335. The number of rotatable bonds is 4. The number of benzene rings is 1. The number of nitrogens with zero attached hydrogens (tertiary/aromatic N) is 3. The summed E-state index contributed by atoms with van der Waals surface area (Å²) in [5, 5.41) is 15.7. The van der Waals surface area contributed by atoms with Crippen LogP contribution in [0.5, 0.6) is 0 Å². The van der Waals surface area contributed by atoms with Crippen LogP contribution < -0.4 is 0 Å². The summed E-state index contributed by atoms with van der Waals surface area (Å²) in [4.78, 5) is 10.5. The molecule has 0 atom stereocenters. The van der Waals surface area contributed by atoms with E-state index in [0.717, 1.165) is 0 Å². The first-order valence-corrected chi connectivity index (χ1v) is 6.45. The Balaban J connectivity index is 2.63. The largest absolute Gasteiger partial charge is 0.378 e. The zero-order valence-electron chi connectivity index (χ0n) is 10.1. The first-order chi connectivity index (χ1) is 9.45. The fourth-order valence-corrected chi connectivity index (χ4v) is 2.45. The van der Waals surface area contributed by atoms with Gasteiger partial charge in [-0.15, -0.1) is 0 Å². The highest BCUT2D eigenvalue weighted by molar-refractivity contribution is 6.36. The van der Waals surface area contributed by atoms with E-state index in [2.05, 4.69) is 5.10 Å². The summed E-state index contributed by atoms with van der Waals surface area (Å²) >= 11 is 17.9.